The van der Waals surface area contributed by atoms with Gasteiger partial charge in [-0.3, -0.25) is 0 Å². The van der Waals surface area contributed by atoms with Crippen molar-refractivity contribution in [3.05, 3.63) is 41.1 Å². The predicted octanol–water partition coefficient (Wildman–Crippen LogP) is 2.09. The summed E-state index contributed by atoms with van der Waals surface area (Å²) in [6.45, 7) is 5.27. The fourth-order valence-electron chi connectivity index (χ4n) is 2.18. The number of methoxy groups -OCH3 is 1. The first kappa shape index (κ1) is 15.5. The zero-order valence-electron chi connectivity index (χ0n) is 12.4. The van der Waals surface area contributed by atoms with Crippen LogP contribution in [0, 0.1) is 20.8 Å². The Balaban J connectivity index is 2.27. The summed E-state index contributed by atoms with van der Waals surface area (Å²) in [4.78, 5) is 4.33. The van der Waals surface area contributed by atoms with Crippen LogP contribution in [0.1, 0.15) is 22.7 Å². The van der Waals surface area contributed by atoms with E-state index in [9.17, 15) is 8.42 Å². The first-order valence-electron chi connectivity index (χ1n) is 6.39. The fraction of sp³-hybridized carbons (Fsp3) is 0.357. The van der Waals surface area contributed by atoms with E-state index in [1.165, 1.54) is 6.26 Å². The molecule has 0 bridgehead atoms. The third kappa shape index (κ3) is 3.43. The maximum absolute atomic E-state index is 12.4. The van der Waals surface area contributed by atoms with Crippen LogP contribution in [0.3, 0.4) is 0 Å². The molecule has 1 aromatic heterocycles. The number of oxazole rings is 1. The van der Waals surface area contributed by atoms with Crippen LogP contribution in [0.15, 0.2) is 27.7 Å². The first-order valence-corrected chi connectivity index (χ1v) is 7.87. The lowest BCUT2D eigenvalue weighted by Crippen LogP contribution is -2.25. The molecule has 0 radical (unpaired) electrons. The highest BCUT2D eigenvalue weighted by atomic mass is 32.2. The second kappa shape index (κ2) is 5.87. The lowest BCUT2D eigenvalue weighted by molar-refractivity contribution is 0.413. The van der Waals surface area contributed by atoms with Crippen LogP contribution >= 0.6 is 0 Å². The summed E-state index contributed by atoms with van der Waals surface area (Å²) >= 11 is 0. The van der Waals surface area contributed by atoms with Crippen molar-refractivity contribution < 1.29 is 17.6 Å². The Morgan fingerprint density at radius 1 is 1.24 bits per heavy atom. The maximum Gasteiger partial charge on any atom is 0.241 e. The Hall–Kier alpha value is -1.86. The summed E-state index contributed by atoms with van der Waals surface area (Å²) < 4.78 is 37.6. The minimum absolute atomic E-state index is 0.0879. The molecule has 7 heteroatoms. The highest BCUT2D eigenvalue weighted by Crippen LogP contribution is 2.25. The van der Waals surface area contributed by atoms with Gasteiger partial charge in [0.25, 0.3) is 0 Å². The highest BCUT2D eigenvalue weighted by molar-refractivity contribution is 7.89. The number of hydrogen-bond acceptors (Lipinski definition) is 5. The van der Waals surface area contributed by atoms with Crippen LogP contribution in [0.2, 0.25) is 0 Å². The summed E-state index contributed by atoms with van der Waals surface area (Å²) in [5, 5.41) is 0. The number of aryl methyl sites for hydroxylation is 3. The van der Waals surface area contributed by atoms with Crippen LogP contribution < -0.4 is 9.46 Å². The maximum atomic E-state index is 12.4. The molecule has 2 rings (SSSR count). The molecule has 114 valence electrons. The molecule has 0 saturated carbocycles. The number of benzene rings is 1. The number of nitrogens with one attached hydrogen (secondary N) is 1. The van der Waals surface area contributed by atoms with Crippen LogP contribution in [0.25, 0.3) is 0 Å². The smallest absolute Gasteiger partial charge is 0.241 e. The highest BCUT2D eigenvalue weighted by Gasteiger charge is 2.20. The van der Waals surface area contributed by atoms with E-state index >= 15 is 0 Å². The van der Waals surface area contributed by atoms with Crippen LogP contribution in [-0.2, 0) is 16.6 Å². The zero-order valence-corrected chi connectivity index (χ0v) is 13.2. The summed E-state index contributed by atoms with van der Waals surface area (Å²) in [6.07, 6.45) is 1.44. The van der Waals surface area contributed by atoms with Gasteiger partial charge in [-0.05, 0) is 37.1 Å². The first-order chi connectivity index (χ1) is 9.83. The monoisotopic (exact) mass is 310 g/mol. The second-order valence-corrected chi connectivity index (χ2v) is 6.48. The van der Waals surface area contributed by atoms with E-state index in [1.54, 1.807) is 40.0 Å². The van der Waals surface area contributed by atoms with Crippen LogP contribution in [0.4, 0.5) is 0 Å². The third-order valence-electron chi connectivity index (χ3n) is 3.05. The average Bonchev–Trinajstić information content (AvgIpc) is 2.81. The van der Waals surface area contributed by atoms with Gasteiger partial charge in [-0.1, -0.05) is 0 Å². The molecule has 6 nitrogen and oxygen atoms in total. The van der Waals surface area contributed by atoms with Gasteiger partial charge in [-0.25, -0.2) is 18.1 Å². The molecule has 0 atom stereocenters. The van der Waals surface area contributed by atoms with E-state index < -0.39 is 10.0 Å². The predicted molar refractivity (Wildman–Crippen MR) is 77.7 cm³/mol. The summed E-state index contributed by atoms with van der Waals surface area (Å²) in [7, 11) is -2.07. The molecule has 2 aromatic rings. The fourth-order valence-corrected chi connectivity index (χ4v) is 3.63. The number of ether oxygens (including phenoxy) is 1. The number of aromatic nitrogens is 1. The van der Waals surface area contributed by atoms with E-state index in [2.05, 4.69) is 9.71 Å². The number of hydrogen-bond donors (Lipinski definition) is 1. The van der Waals surface area contributed by atoms with Crippen molar-refractivity contribution in [3.8, 4) is 5.75 Å². The SMILES string of the molecule is COc1cc(C)c(S(=O)(=O)NCc2coc(C)n2)c(C)c1. The zero-order chi connectivity index (χ0) is 15.6. The van der Waals surface area contributed by atoms with Crippen molar-refractivity contribution >= 4 is 10.0 Å². The van der Waals surface area contributed by atoms with Gasteiger partial charge in [0.05, 0.1) is 24.2 Å². The molecule has 0 saturated heterocycles. The molecule has 1 N–H and O–H groups in total. The lowest BCUT2D eigenvalue weighted by atomic mass is 10.1. The number of rotatable bonds is 5. The van der Waals surface area contributed by atoms with Gasteiger partial charge >= 0.3 is 0 Å². The molecule has 0 spiro atoms. The van der Waals surface area contributed by atoms with Crippen molar-refractivity contribution in [1.29, 1.82) is 0 Å². The van der Waals surface area contributed by atoms with E-state index in [0.717, 1.165) is 0 Å². The van der Waals surface area contributed by atoms with Gasteiger partial charge in [-0.15, -0.1) is 0 Å². The van der Waals surface area contributed by atoms with Gasteiger partial charge in [0.2, 0.25) is 10.0 Å². The number of sulfonamides is 1. The van der Waals surface area contributed by atoms with E-state index in [1.807, 2.05) is 0 Å². The Labute approximate surface area is 124 Å². The molecule has 0 aliphatic heterocycles. The molecule has 0 fully saturated rings. The molecule has 0 amide bonds. The minimum Gasteiger partial charge on any atom is -0.497 e. The minimum atomic E-state index is -3.62. The second-order valence-electron chi connectivity index (χ2n) is 4.77. The van der Waals surface area contributed by atoms with Crippen molar-refractivity contribution in [3.63, 3.8) is 0 Å². The van der Waals surface area contributed by atoms with Crippen molar-refractivity contribution in [2.45, 2.75) is 32.2 Å². The van der Waals surface area contributed by atoms with Crippen LogP contribution in [-0.4, -0.2) is 20.5 Å². The van der Waals surface area contributed by atoms with E-state index in [0.29, 0.717) is 28.5 Å². The Kier molecular flexibility index (Phi) is 4.34. The summed E-state index contributed by atoms with van der Waals surface area (Å²) in [5.41, 5.74) is 1.81. The van der Waals surface area contributed by atoms with Gasteiger partial charge in [-0.2, -0.15) is 0 Å². The lowest BCUT2D eigenvalue weighted by Gasteiger charge is -2.13. The Morgan fingerprint density at radius 3 is 2.33 bits per heavy atom. The van der Waals surface area contributed by atoms with Gasteiger partial charge < -0.3 is 9.15 Å². The molecule has 21 heavy (non-hydrogen) atoms. The molecule has 1 aromatic carbocycles. The van der Waals surface area contributed by atoms with Gasteiger partial charge in [0.15, 0.2) is 5.89 Å². The van der Waals surface area contributed by atoms with Crippen molar-refractivity contribution in [2.24, 2.45) is 0 Å². The quantitative estimate of drug-likeness (QED) is 0.914. The summed E-state index contributed by atoms with van der Waals surface area (Å²) in [6, 6.07) is 3.39. The molecular weight excluding hydrogens is 292 g/mol. The van der Waals surface area contributed by atoms with Crippen molar-refractivity contribution in [2.75, 3.05) is 7.11 Å². The molecule has 0 unspecified atom stereocenters. The Bertz CT molecular complexity index is 727. The standard InChI is InChI=1S/C14H18N2O4S/c1-9-5-13(19-4)6-10(2)14(9)21(17,18)15-7-12-8-20-11(3)16-12/h5-6,8,15H,7H2,1-4H3. The summed E-state index contributed by atoms with van der Waals surface area (Å²) in [5.74, 6) is 1.14. The average molecular weight is 310 g/mol. The topological polar surface area (TPSA) is 81.4 Å². The molecule has 0 aliphatic rings. The van der Waals surface area contributed by atoms with Crippen molar-refractivity contribution in [1.82, 2.24) is 9.71 Å². The van der Waals surface area contributed by atoms with Gasteiger partial charge in [0.1, 0.15) is 12.0 Å². The van der Waals surface area contributed by atoms with Crippen LogP contribution in [0.5, 0.6) is 5.75 Å². The Morgan fingerprint density at radius 2 is 1.86 bits per heavy atom. The molecule has 0 aliphatic carbocycles. The number of nitrogens with zero attached hydrogens (tertiary/aromatic N) is 1. The normalized spacial score (nSPS) is 11.6. The van der Waals surface area contributed by atoms with E-state index in [4.69, 9.17) is 9.15 Å². The molecule has 1 heterocycles. The largest absolute Gasteiger partial charge is 0.497 e. The molecular formula is C14H18N2O4S. The third-order valence-corrected chi connectivity index (χ3v) is 4.75. The van der Waals surface area contributed by atoms with E-state index in [-0.39, 0.29) is 11.4 Å². The van der Waals surface area contributed by atoms with Gasteiger partial charge in [0, 0.05) is 6.92 Å².